The molecule has 2 saturated heterocycles. The standard InChI is InChI=1S/C20H28N2O2/c23-20(12-15-6-2-1-3-7-15)22-16-9-10-17(22)14-18(13-16)24-19-8-4-5-11-21-19/h4-5,8,11,15-18H,1-3,6-7,9-10,12-14H2. The second-order valence-electron chi connectivity index (χ2n) is 7.77. The quantitative estimate of drug-likeness (QED) is 0.840. The van der Waals surface area contributed by atoms with Crippen molar-refractivity contribution in [3.05, 3.63) is 24.4 Å². The first-order chi connectivity index (χ1) is 11.8. The molecule has 24 heavy (non-hydrogen) atoms. The van der Waals surface area contributed by atoms with Crippen molar-refractivity contribution in [1.29, 1.82) is 0 Å². The molecule has 4 heteroatoms. The molecule has 3 aliphatic rings. The molecule has 3 fully saturated rings. The summed E-state index contributed by atoms with van der Waals surface area (Å²) in [7, 11) is 0. The van der Waals surface area contributed by atoms with Gasteiger partial charge < -0.3 is 9.64 Å². The zero-order chi connectivity index (χ0) is 16.4. The predicted octanol–water partition coefficient (Wildman–Crippen LogP) is 3.95. The van der Waals surface area contributed by atoms with Gasteiger partial charge in [-0.1, -0.05) is 25.3 Å². The summed E-state index contributed by atoms with van der Waals surface area (Å²) < 4.78 is 6.07. The van der Waals surface area contributed by atoms with Crippen molar-refractivity contribution in [2.75, 3.05) is 0 Å². The van der Waals surface area contributed by atoms with Gasteiger partial charge in [-0.25, -0.2) is 4.98 Å². The minimum atomic E-state index is 0.205. The Morgan fingerprint density at radius 3 is 2.50 bits per heavy atom. The highest BCUT2D eigenvalue weighted by Gasteiger charge is 2.44. The van der Waals surface area contributed by atoms with E-state index >= 15 is 0 Å². The van der Waals surface area contributed by atoms with Gasteiger partial charge in [-0.05, 0) is 37.7 Å². The molecule has 130 valence electrons. The number of carbonyl (C=O) groups excluding carboxylic acids is 1. The van der Waals surface area contributed by atoms with Gasteiger partial charge in [0.25, 0.3) is 0 Å². The summed E-state index contributed by atoms with van der Waals surface area (Å²) in [5.74, 6) is 1.75. The highest BCUT2D eigenvalue weighted by Crippen LogP contribution is 2.38. The van der Waals surface area contributed by atoms with Crippen LogP contribution in [0.3, 0.4) is 0 Å². The topological polar surface area (TPSA) is 42.4 Å². The molecular weight excluding hydrogens is 300 g/mol. The Bertz CT molecular complexity index is 542. The van der Waals surface area contributed by atoms with Gasteiger partial charge in [0, 0.05) is 43.6 Å². The molecule has 1 aromatic heterocycles. The normalized spacial score (nSPS) is 30.3. The highest BCUT2D eigenvalue weighted by atomic mass is 16.5. The van der Waals surface area contributed by atoms with Gasteiger partial charge in [0.2, 0.25) is 11.8 Å². The molecule has 0 radical (unpaired) electrons. The van der Waals surface area contributed by atoms with Crippen molar-refractivity contribution >= 4 is 5.91 Å². The summed E-state index contributed by atoms with van der Waals surface area (Å²) >= 11 is 0. The second kappa shape index (κ2) is 7.12. The van der Waals surface area contributed by atoms with E-state index in [0.717, 1.165) is 32.1 Å². The van der Waals surface area contributed by atoms with E-state index in [1.54, 1.807) is 6.20 Å². The third-order valence-electron chi connectivity index (χ3n) is 6.09. The molecule has 2 aliphatic heterocycles. The lowest BCUT2D eigenvalue weighted by Gasteiger charge is -2.39. The van der Waals surface area contributed by atoms with Crippen LogP contribution >= 0.6 is 0 Å². The van der Waals surface area contributed by atoms with E-state index < -0.39 is 0 Å². The zero-order valence-corrected chi connectivity index (χ0v) is 14.4. The van der Waals surface area contributed by atoms with Gasteiger partial charge in [-0.15, -0.1) is 0 Å². The lowest BCUT2D eigenvalue weighted by molar-refractivity contribution is -0.138. The molecule has 1 aliphatic carbocycles. The van der Waals surface area contributed by atoms with Gasteiger partial charge >= 0.3 is 0 Å². The number of hydrogen-bond donors (Lipinski definition) is 0. The van der Waals surface area contributed by atoms with Crippen molar-refractivity contribution in [2.45, 2.75) is 82.4 Å². The fraction of sp³-hybridized carbons (Fsp3) is 0.700. The second-order valence-corrected chi connectivity index (χ2v) is 7.77. The number of hydrogen-bond acceptors (Lipinski definition) is 3. The maximum absolute atomic E-state index is 12.9. The van der Waals surface area contributed by atoms with Gasteiger partial charge in [0.15, 0.2) is 0 Å². The Hall–Kier alpha value is -1.58. The molecule has 4 rings (SSSR count). The molecule has 1 aromatic rings. The smallest absolute Gasteiger partial charge is 0.223 e. The van der Waals surface area contributed by atoms with E-state index in [4.69, 9.17) is 4.74 Å². The molecule has 4 nitrogen and oxygen atoms in total. The van der Waals surface area contributed by atoms with Crippen LogP contribution < -0.4 is 4.74 Å². The average Bonchev–Trinajstić information content (AvgIpc) is 2.88. The maximum Gasteiger partial charge on any atom is 0.223 e. The first kappa shape index (κ1) is 15.9. The van der Waals surface area contributed by atoms with E-state index in [-0.39, 0.29) is 6.10 Å². The largest absolute Gasteiger partial charge is 0.474 e. The van der Waals surface area contributed by atoms with Crippen LogP contribution in [0.15, 0.2) is 24.4 Å². The lowest BCUT2D eigenvalue weighted by Crippen LogP contribution is -2.49. The maximum atomic E-state index is 12.9. The summed E-state index contributed by atoms with van der Waals surface area (Å²) in [5, 5.41) is 0. The molecule has 0 N–H and O–H groups in total. The van der Waals surface area contributed by atoms with Gasteiger partial charge in [0.1, 0.15) is 6.10 Å². The molecule has 1 saturated carbocycles. The average molecular weight is 328 g/mol. The van der Waals surface area contributed by atoms with Crippen LogP contribution in [0.1, 0.15) is 64.2 Å². The highest BCUT2D eigenvalue weighted by molar-refractivity contribution is 5.77. The van der Waals surface area contributed by atoms with Crippen molar-refractivity contribution in [1.82, 2.24) is 9.88 Å². The van der Waals surface area contributed by atoms with Gasteiger partial charge in [-0.2, -0.15) is 0 Å². The fourth-order valence-corrected chi connectivity index (χ4v) is 4.96. The lowest BCUT2D eigenvalue weighted by atomic mass is 9.86. The Labute approximate surface area is 144 Å². The van der Waals surface area contributed by atoms with Crippen LogP contribution in [0.2, 0.25) is 0 Å². The van der Waals surface area contributed by atoms with E-state index in [0.29, 0.717) is 29.8 Å². The summed E-state index contributed by atoms with van der Waals surface area (Å²) in [4.78, 5) is 19.4. The molecule has 2 bridgehead atoms. The van der Waals surface area contributed by atoms with Crippen molar-refractivity contribution in [3.63, 3.8) is 0 Å². The number of nitrogens with zero attached hydrogens (tertiary/aromatic N) is 2. The van der Waals surface area contributed by atoms with E-state index in [1.807, 2.05) is 18.2 Å². The summed E-state index contributed by atoms with van der Waals surface area (Å²) in [6, 6.07) is 6.55. The Morgan fingerprint density at radius 1 is 1.08 bits per heavy atom. The van der Waals surface area contributed by atoms with Gasteiger partial charge in [0.05, 0.1) is 0 Å². The minimum absolute atomic E-state index is 0.205. The molecule has 3 heterocycles. The molecular formula is C20H28N2O2. The van der Waals surface area contributed by atoms with Crippen LogP contribution in [-0.2, 0) is 4.79 Å². The van der Waals surface area contributed by atoms with Crippen molar-refractivity contribution in [2.24, 2.45) is 5.92 Å². The molecule has 0 aromatic carbocycles. The third kappa shape index (κ3) is 3.42. The Morgan fingerprint density at radius 2 is 1.83 bits per heavy atom. The minimum Gasteiger partial charge on any atom is -0.474 e. The van der Waals surface area contributed by atoms with Crippen LogP contribution in [0.4, 0.5) is 0 Å². The number of fused-ring (bicyclic) bond motifs is 2. The van der Waals surface area contributed by atoms with Crippen LogP contribution in [-0.4, -0.2) is 34.0 Å². The number of piperidine rings is 1. The Kier molecular flexibility index (Phi) is 4.72. The molecule has 2 unspecified atom stereocenters. The predicted molar refractivity (Wildman–Crippen MR) is 92.7 cm³/mol. The number of carbonyl (C=O) groups is 1. The molecule has 2 atom stereocenters. The summed E-state index contributed by atoms with van der Waals surface area (Å²) in [6.07, 6.45) is 13.4. The number of pyridine rings is 1. The number of ether oxygens (including phenoxy) is 1. The van der Waals surface area contributed by atoms with E-state index in [1.165, 1.54) is 32.1 Å². The third-order valence-corrected chi connectivity index (χ3v) is 6.09. The molecule has 0 spiro atoms. The van der Waals surface area contributed by atoms with Crippen LogP contribution in [0.25, 0.3) is 0 Å². The number of amides is 1. The summed E-state index contributed by atoms with van der Waals surface area (Å²) in [5.41, 5.74) is 0. The zero-order valence-electron chi connectivity index (χ0n) is 14.4. The van der Waals surface area contributed by atoms with Crippen molar-refractivity contribution in [3.8, 4) is 5.88 Å². The van der Waals surface area contributed by atoms with E-state index in [2.05, 4.69) is 9.88 Å². The number of rotatable bonds is 4. The summed E-state index contributed by atoms with van der Waals surface area (Å²) in [6.45, 7) is 0. The monoisotopic (exact) mass is 328 g/mol. The van der Waals surface area contributed by atoms with Crippen molar-refractivity contribution < 1.29 is 9.53 Å². The fourth-order valence-electron chi connectivity index (χ4n) is 4.96. The van der Waals surface area contributed by atoms with Crippen LogP contribution in [0.5, 0.6) is 5.88 Å². The Balaban J connectivity index is 1.35. The number of aromatic nitrogens is 1. The van der Waals surface area contributed by atoms with Gasteiger partial charge in [-0.3, -0.25) is 4.79 Å². The molecule has 1 amide bonds. The van der Waals surface area contributed by atoms with Crippen LogP contribution in [0, 0.1) is 5.92 Å². The van der Waals surface area contributed by atoms with E-state index in [9.17, 15) is 4.79 Å². The first-order valence-corrected chi connectivity index (χ1v) is 9.68. The first-order valence-electron chi connectivity index (χ1n) is 9.68. The SMILES string of the molecule is O=C(CC1CCCCC1)N1C2CCC1CC(Oc1ccccn1)C2.